The average molecular weight is 199 g/mol. The lowest BCUT2D eigenvalue weighted by molar-refractivity contribution is -0.131. The van der Waals surface area contributed by atoms with Crippen LogP contribution < -0.4 is 5.73 Å². The van der Waals surface area contributed by atoms with E-state index in [2.05, 4.69) is 25.9 Å². The zero-order chi connectivity index (χ0) is 10.9. The Balaban J connectivity index is 2.59. The molecule has 1 fully saturated rings. The molecule has 0 aliphatic carbocycles. The monoisotopic (exact) mass is 199 g/mol. The summed E-state index contributed by atoms with van der Waals surface area (Å²) in [5.74, 6) is 0.605. The van der Waals surface area contributed by atoms with E-state index >= 15 is 0 Å². The first-order valence-electron chi connectivity index (χ1n) is 5.14. The van der Waals surface area contributed by atoms with Crippen molar-refractivity contribution < 1.29 is 4.79 Å². The number of likely N-dealkylation sites (N-methyl/N-ethyl adjacent to an activating group) is 1. The van der Waals surface area contributed by atoms with Gasteiger partial charge in [-0.2, -0.15) is 0 Å². The minimum absolute atomic E-state index is 0.0706. The number of amides is 1. The molecular weight excluding hydrogens is 178 g/mol. The molecule has 0 radical (unpaired) electrons. The molecule has 0 spiro atoms. The third-order valence-electron chi connectivity index (χ3n) is 2.94. The molecule has 1 aliphatic rings. The molecule has 1 heterocycles. The standard InChI is InChI=1S/C10H21N3O/c1-7-5-13(10(14)8(2)11)6-9(7)12(3)4/h7-9H,5-6,11H2,1-4H3/t7?,8-,9?/m1/s1. The van der Waals surface area contributed by atoms with Gasteiger partial charge in [0.15, 0.2) is 0 Å². The predicted molar refractivity (Wildman–Crippen MR) is 56.9 cm³/mol. The molecule has 4 nitrogen and oxygen atoms in total. The van der Waals surface area contributed by atoms with Crippen LogP contribution in [0.2, 0.25) is 0 Å². The number of rotatable bonds is 2. The lowest BCUT2D eigenvalue weighted by Crippen LogP contribution is -2.42. The predicted octanol–water partition coefficient (Wildman–Crippen LogP) is -0.258. The number of likely N-dealkylation sites (tertiary alicyclic amines) is 1. The molecule has 1 aliphatic heterocycles. The van der Waals surface area contributed by atoms with E-state index in [1.807, 2.05) is 4.90 Å². The largest absolute Gasteiger partial charge is 0.339 e. The molecule has 2 unspecified atom stereocenters. The molecule has 0 aromatic heterocycles. The van der Waals surface area contributed by atoms with Crippen LogP contribution in [-0.4, -0.2) is 55.0 Å². The molecule has 82 valence electrons. The smallest absolute Gasteiger partial charge is 0.239 e. The van der Waals surface area contributed by atoms with Crippen molar-refractivity contribution >= 4 is 5.91 Å². The lowest BCUT2D eigenvalue weighted by atomic mass is 10.1. The van der Waals surface area contributed by atoms with Crippen LogP contribution >= 0.6 is 0 Å². The Morgan fingerprint density at radius 3 is 2.43 bits per heavy atom. The van der Waals surface area contributed by atoms with Gasteiger partial charge < -0.3 is 15.5 Å². The van der Waals surface area contributed by atoms with Crippen molar-refractivity contribution in [1.82, 2.24) is 9.80 Å². The fraction of sp³-hybridized carbons (Fsp3) is 0.900. The minimum Gasteiger partial charge on any atom is -0.339 e. The van der Waals surface area contributed by atoms with Crippen molar-refractivity contribution in [3.05, 3.63) is 0 Å². The summed E-state index contributed by atoms with van der Waals surface area (Å²) >= 11 is 0. The quantitative estimate of drug-likeness (QED) is 0.667. The maximum Gasteiger partial charge on any atom is 0.239 e. The summed E-state index contributed by atoms with van der Waals surface area (Å²) < 4.78 is 0. The highest BCUT2D eigenvalue weighted by atomic mass is 16.2. The molecule has 2 N–H and O–H groups in total. The van der Waals surface area contributed by atoms with Crippen molar-refractivity contribution in [3.8, 4) is 0 Å². The molecule has 1 saturated heterocycles. The van der Waals surface area contributed by atoms with Gasteiger partial charge in [-0.3, -0.25) is 4.79 Å². The van der Waals surface area contributed by atoms with Crippen LogP contribution in [0.5, 0.6) is 0 Å². The summed E-state index contributed by atoms with van der Waals surface area (Å²) in [6.07, 6.45) is 0. The molecule has 0 bridgehead atoms. The van der Waals surface area contributed by atoms with Crippen LogP contribution in [-0.2, 0) is 4.79 Å². The van der Waals surface area contributed by atoms with E-state index in [1.165, 1.54) is 0 Å². The fourth-order valence-corrected chi connectivity index (χ4v) is 2.09. The van der Waals surface area contributed by atoms with Crippen molar-refractivity contribution in [2.45, 2.75) is 25.9 Å². The molecule has 0 aromatic carbocycles. The normalized spacial score (nSPS) is 29.7. The van der Waals surface area contributed by atoms with Gasteiger partial charge in [-0.05, 0) is 26.9 Å². The molecule has 3 atom stereocenters. The Hall–Kier alpha value is -0.610. The summed E-state index contributed by atoms with van der Waals surface area (Å²) in [6, 6.07) is 0.0980. The van der Waals surface area contributed by atoms with E-state index in [4.69, 9.17) is 5.73 Å². The van der Waals surface area contributed by atoms with Crippen LogP contribution in [0.1, 0.15) is 13.8 Å². The van der Waals surface area contributed by atoms with Gasteiger partial charge in [-0.15, -0.1) is 0 Å². The molecule has 4 heteroatoms. The van der Waals surface area contributed by atoms with Gasteiger partial charge in [0.05, 0.1) is 6.04 Å². The molecule has 0 aromatic rings. The average Bonchev–Trinajstić information content (AvgIpc) is 2.45. The van der Waals surface area contributed by atoms with Gasteiger partial charge in [0.25, 0.3) is 0 Å². The highest BCUT2D eigenvalue weighted by molar-refractivity contribution is 5.81. The Morgan fingerprint density at radius 2 is 2.07 bits per heavy atom. The maximum absolute atomic E-state index is 11.6. The first-order valence-corrected chi connectivity index (χ1v) is 5.14. The Bertz CT molecular complexity index is 215. The molecule has 14 heavy (non-hydrogen) atoms. The minimum atomic E-state index is -0.372. The van der Waals surface area contributed by atoms with Gasteiger partial charge in [-0.25, -0.2) is 0 Å². The van der Waals surface area contributed by atoms with Gasteiger partial charge in [0.1, 0.15) is 0 Å². The zero-order valence-electron chi connectivity index (χ0n) is 9.53. The van der Waals surface area contributed by atoms with Crippen LogP contribution in [0.3, 0.4) is 0 Å². The van der Waals surface area contributed by atoms with E-state index in [1.54, 1.807) is 6.92 Å². The molecule has 0 saturated carbocycles. The number of carbonyl (C=O) groups is 1. The third-order valence-corrected chi connectivity index (χ3v) is 2.94. The zero-order valence-corrected chi connectivity index (χ0v) is 9.53. The van der Waals surface area contributed by atoms with Crippen LogP contribution in [0.4, 0.5) is 0 Å². The van der Waals surface area contributed by atoms with E-state index < -0.39 is 0 Å². The summed E-state index contributed by atoms with van der Waals surface area (Å²) in [6.45, 7) is 5.58. The number of hydrogen-bond donors (Lipinski definition) is 1. The summed E-state index contributed by atoms with van der Waals surface area (Å²) in [4.78, 5) is 15.7. The van der Waals surface area contributed by atoms with Crippen LogP contribution in [0.15, 0.2) is 0 Å². The Kier molecular flexibility index (Phi) is 3.50. The maximum atomic E-state index is 11.6. The van der Waals surface area contributed by atoms with E-state index in [9.17, 15) is 4.79 Å². The first kappa shape index (κ1) is 11.5. The molecule has 1 rings (SSSR count). The summed E-state index contributed by atoms with van der Waals surface area (Å²) in [7, 11) is 4.11. The van der Waals surface area contributed by atoms with E-state index in [-0.39, 0.29) is 11.9 Å². The van der Waals surface area contributed by atoms with Crippen molar-refractivity contribution in [2.24, 2.45) is 11.7 Å². The van der Waals surface area contributed by atoms with Crippen molar-refractivity contribution in [1.29, 1.82) is 0 Å². The fourth-order valence-electron chi connectivity index (χ4n) is 2.09. The van der Waals surface area contributed by atoms with Crippen molar-refractivity contribution in [3.63, 3.8) is 0 Å². The highest BCUT2D eigenvalue weighted by Crippen LogP contribution is 2.20. The van der Waals surface area contributed by atoms with Gasteiger partial charge in [0, 0.05) is 19.1 Å². The van der Waals surface area contributed by atoms with Gasteiger partial charge in [-0.1, -0.05) is 6.92 Å². The number of nitrogens with zero attached hydrogens (tertiary/aromatic N) is 2. The van der Waals surface area contributed by atoms with Gasteiger partial charge in [0.2, 0.25) is 5.91 Å². The summed E-state index contributed by atoms with van der Waals surface area (Å²) in [5, 5.41) is 0. The summed E-state index contributed by atoms with van der Waals surface area (Å²) in [5.41, 5.74) is 5.58. The second-order valence-electron chi connectivity index (χ2n) is 4.54. The number of nitrogens with two attached hydrogens (primary N) is 1. The van der Waals surface area contributed by atoms with E-state index in [0.29, 0.717) is 12.0 Å². The third kappa shape index (κ3) is 2.25. The van der Waals surface area contributed by atoms with Gasteiger partial charge >= 0.3 is 0 Å². The topological polar surface area (TPSA) is 49.6 Å². The lowest BCUT2D eigenvalue weighted by Gasteiger charge is -2.22. The molecular formula is C10H21N3O. The number of carbonyl (C=O) groups excluding carboxylic acids is 1. The molecule has 1 amide bonds. The highest BCUT2D eigenvalue weighted by Gasteiger charge is 2.34. The number of hydrogen-bond acceptors (Lipinski definition) is 3. The van der Waals surface area contributed by atoms with E-state index in [0.717, 1.165) is 13.1 Å². The Morgan fingerprint density at radius 1 is 1.50 bits per heavy atom. The second kappa shape index (κ2) is 4.28. The SMILES string of the molecule is CC1CN(C(=O)[C@@H](C)N)CC1N(C)C. The van der Waals surface area contributed by atoms with Crippen molar-refractivity contribution in [2.75, 3.05) is 27.2 Å². The second-order valence-corrected chi connectivity index (χ2v) is 4.54. The van der Waals surface area contributed by atoms with Crippen LogP contribution in [0, 0.1) is 5.92 Å². The first-order chi connectivity index (χ1) is 6.43. The van der Waals surface area contributed by atoms with Crippen LogP contribution in [0.25, 0.3) is 0 Å². The Labute approximate surface area is 86.0 Å².